The van der Waals surface area contributed by atoms with Crippen molar-refractivity contribution in [2.24, 2.45) is 0 Å². The van der Waals surface area contributed by atoms with Crippen LogP contribution in [0.5, 0.6) is 0 Å². The zero-order valence-electron chi connectivity index (χ0n) is 16.5. The van der Waals surface area contributed by atoms with Gasteiger partial charge in [0, 0.05) is 12.1 Å². The SMILES string of the molecule is CN(C)CCCN(C(=O)c1ccccc1)N(c1ccccc1)c1ccccc1. The number of hydrazine groups is 1. The molecule has 0 unspecified atom stereocenters. The first kappa shape index (κ1) is 19.6. The van der Waals surface area contributed by atoms with E-state index >= 15 is 0 Å². The van der Waals surface area contributed by atoms with Gasteiger partial charge in [-0.3, -0.25) is 9.80 Å². The number of anilines is 2. The molecule has 0 aliphatic rings. The highest BCUT2D eigenvalue weighted by Crippen LogP contribution is 2.28. The molecule has 4 heteroatoms. The Kier molecular flexibility index (Phi) is 6.82. The minimum Gasteiger partial charge on any atom is -0.309 e. The molecule has 3 aromatic carbocycles. The molecule has 144 valence electrons. The number of hydrogen-bond donors (Lipinski definition) is 0. The molecule has 0 saturated heterocycles. The number of hydrogen-bond acceptors (Lipinski definition) is 3. The number of carbonyl (C=O) groups is 1. The van der Waals surface area contributed by atoms with Crippen LogP contribution in [-0.2, 0) is 0 Å². The number of rotatable bonds is 8. The molecule has 0 N–H and O–H groups in total. The van der Waals surface area contributed by atoms with E-state index in [4.69, 9.17) is 0 Å². The molecular formula is C24H27N3O. The van der Waals surface area contributed by atoms with Crippen LogP contribution in [-0.4, -0.2) is 43.0 Å². The number of para-hydroxylation sites is 2. The normalized spacial score (nSPS) is 10.7. The third kappa shape index (κ3) is 4.99. The van der Waals surface area contributed by atoms with Crippen molar-refractivity contribution in [1.29, 1.82) is 0 Å². The first-order valence-corrected chi connectivity index (χ1v) is 9.58. The van der Waals surface area contributed by atoms with Crippen molar-refractivity contribution >= 4 is 17.3 Å². The highest BCUT2D eigenvalue weighted by Gasteiger charge is 2.24. The Morgan fingerprint density at radius 3 is 1.61 bits per heavy atom. The van der Waals surface area contributed by atoms with Crippen molar-refractivity contribution in [3.63, 3.8) is 0 Å². The molecule has 28 heavy (non-hydrogen) atoms. The fourth-order valence-electron chi connectivity index (χ4n) is 3.13. The molecule has 0 saturated carbocycles. The molecule has 4 nitrogen and oxygen atoms in total. The summed E-state index contributed by atoms with van der Waals surface area (Å²) in [5.41, 5.74) is 2.61. The van der Waals surface area contributed by atoms with Gasteiger partial charge in [0.1, 0.15) is 0 Å². The largest absolute Gasteiger partial charge is 0.309 e. The Bertz CT molecular complexity index is 811. The zero-order valence-corrected chi connectivity index (χ0v) is 16.5. The molecule has 0 fully saturated rings. The maximum atomic E-state index is 13.5. The highest BCUT2D eigenvalue weighted by molar-refractivity contribution is 5.96. The van der Waals surface area contributed by atoms with Gasteiger partial charge in [-0.25, -0.2) is 5.01 Å². The van der Waals surface area contributed by atoms with Crippen LogP contribution in [0.15, 0.2) is 91.0 Å². The van der Waals surface area contributed by atoms with Gasteiger partial charge >= 0.3 is 0 Å². The number of carbonyl (C=O) groups excluding carboxylic acids is 1. The van der Waals surface area contributed by atoms with Crippen LogP contribution in [0.3, 0.4) is 0 Å². The fourth-order valence-corrected chi connectivity index (χ4v) is 3.13. The molecule has 1 amide bonds. The predicted molar refractivity (Wildman–Crippen MR) is 116 cm³/mol. The minimum absolute atomic E-state index is 0.00735. The van der Waals surface area contributed by atoms with Gasteiger partial charge in [0.15, 0.2) is 0 Å². The average Bonchev–Trinajstić information content (AvgIpc) is 2.74. The predicted octanol–water partition coefficient (Wildman–Crippen LogP) is 4.83. The second kappa shape index (κ2) is 9.72. The Morgan fingerprint density at radius 2 is 1.14 bits per heavy atom. The third-order valence-electron chi connectivity index (χ3n) is 4.47. The molecule has 0 atom stereocenters. The Labute approximate surface area is 167 Å². The van der Waals surface area contributed by atoms with Crippen molar-refractivity contribution in [3.8, 4) is 0 Å². The van der Waals surface area contributed by atoms with E-state index in [0.29, 0.717) is 12.1 Å². The average molecular weight is 374 g/mol. The molecule has 0 heterocycles. The molecule has 0 aliphatic carbocycles. The smallest absolute Gasteiger partial charge is 0.272 e. The van der Waals surface area contributed by atoms with Crippen LogP contribution in [0.25, 0.3) is 0 Å². The first-order valence-electron chi connectivity index (χ1n) is 9.58. The molecular weight excluding hydrogens is 346 g/mol. The molecule has 3 aromatic rings. The van der Waals surface area contributed by atoms with Crippen molar-refractivity contribution in [3.05, 3.63) is 96.6 Å². The van der Waals surface area contributed by atoms with Gasteiger partial charge in [0.05, 0.1) is 11.4 Å². The summed E-state index contributed by atoms with van der Waals surface area (Å²) in [4.78, 5) is 15.6. The quantitative estimate of drug-likeness (QED) is 0.529. The molecule has 3 rings (SSSR count). The Hall–Kier alpha value is -3.11. The van der Waals surface area contributed by atoms with Gasteiger partial charge in [-0.1, -0.05) is 54.6 Å². The van der Waals surface area contributed by atoms with Crippen LogP contribution < -0.4 is 5.01 Å². The lowest BCUT2D eigenvalue weighted by molar-refractivity contribution is 0.0750. The molecule has 0 bridgehead atoms. The molecule has 0 spiro atoms. The third-order valence-corrected chi connectivity index (χ3v) is 4.47. The monoisotopic (exact) mass is 373 g/mol. The summed E-state index contributed by atoms with van der Waals surface area (Å²) in [5.74, 6) is -0.00735. The second-order valence-electron chi connectivity index (χ2n) is 6.93. The van der Waals surface area contributed by atoms with Crippen LogP contribution in [0, 0.1) is 0 Å². The van der Waals surface area contributed by atoms with Crippen LogP contribution >= 0.6 is 0 Å². The van der Waals surface area contributed by atoms with Crippen molar-refractivity contribution < 1.29 is 4.79 Å². The van der Waals surface area contributed by atoms with Gasteiger partial charge in [0.2, 0.25) is 0 Å². The van der Waals surface area contributed by atoms with E-state index in [0.717, 1.165) is 24.3 Å². The van der Waals surface area contributed by atoms with Gasteiger partial charge in [0.25, 0.3) is 5.91 Å². The van der Waals surface area contributed by atoms with Crippen LogP contribution in [0.2, 0.25) is 0 Å². The van der Waals surface area contributed by atoms with E-state index in [1.165, 1.54) is 0 Å². The molecule has 0 aromatic heterocycles. The van der Waals surface area contributed by atoms with Crippen molar-refractivity contribution in [2.45, 2.75) is 6.42 Å². The summed E-state index contributed by atoms with van der Waals surface area (Å²) >= 11 is 0. The zero-order chi connectivity index (χ0) is 19.8. The number of amides is 1. The summed E-state index contributed by atoms with van der Waals surface area (Å²) in [6.45, 7) is 1.53. The molecule has 0 radical (unpaired) electrons. The lowest BCUT2D eigenvalue weighted by atomic mass is 10.2. The molecule has 0 aliphatic heterocycles. The van der Waals surface area contributed by atoms with Crippen molar-refractivity contribution in [2.75, 3.05) is 32.2 Å². The maximum absolute atomic E-state index is 13.5. The highest BCUT2D eigenvalue weighted by atomic mass is 16.2. The van der Waals surface area contributed by atoms with Crippen LogP contribution in [0.1, 0.15) is 16.8 Å². The minimum atomic E-state index is -0.00735. The lowest BCUT2D eigenvalue weighted by Crippen LogP contribution is -2.45. The van der Waals surface area contributed by atoms with E-state index in [1.54, 1.807) is 0 Å². The van der Waals surface area contributed by atoms with Crippen molar-refractivity contribution in [1.82, 2.24) is 9.91 Å². The number of nitrogens with zero attached hydrogens (tertiary/aromatic N) is 3. The van der Waals surface area contributed by atoms with E-state index in [9.17, 15) is 4.79 Å². The van der Waals surface area contributed by atoms with Gasteiger partial charge in [-0.15, -0.1) is 0 Å². The van der Waals surface area contributed by atoms with Gasteiger partial charge in [-0.05, 0) is 63.5 Å². The summed E-state index contributed by atoms with van der Waals surface area (Å²) in [5, 5.41) is 3.87. The fraction of sp³-hybridized carbons (Fsp3) is 0.208. The standard InChI is InChI=1S/C24H27N3O/c1-25(2)19-12-20-26(24(28)21-13-6-3-7-14-21)27(22-15-8-4-9-16-22)23-17-10-5-11-18-23/h3-11,13-18H,12,19-20H2,1-2H3. The van der Waals surface area contributed by atoms with Gasteiger partial charge < -0.3 is 4.90 Å². The summed E-state index contributed by atoms with van der Waals surface area (Å²) in [6.07, 6.45) is 0.877. The van der Waals surface area contributed by atoms with E-state index in [-0.39, 0.29) is 5.91 Å². The Morgan fingerprint density at radius 1 is 0.679 bits per heavy atom. The lowest BCUT2D eigenvalue weighted by Gasteiger charge is -2.37. The topological polar surface area (TPSA) is 26.8 Å². The Balaban J connectivity index is 2.01. The summed E-state index contributed by atoms with van der Waals surface area (Å²) in [6, 6.07) is 29.6. The maximum Gasteiger partial charge on any atom is 0.272 e. The summed E-state index contributed by atoms with van der Waals surface area (Å²) in [7, 11) is 4.10. The van der Waals surface area contributed by atoms with E-state index in [2.05, 4.69) is 19.0 Å². The number of benzene rings is 3. The summed E-state index contributed by atoms with van der Waals surface area (Å²) < 4.78 is 0. The van der Waals surface area contributed by atoms with E-state index in [1.807, 2.05) is 101 Å². The first-order chi connectivity index (χ1) is 13.7. The van der Waals surface area contributed by atoms with E-state index < -0.39 is 0 Å². The van der Waals surface area contributed by atoms with Crippen LogP contribution in [0.4, 0.5) is 11.4 Å². The second-order valence-corrected chi connectivity index (χ2v) is 6.93. The van der Waals surface area contributed by atoms with Gasteiger partial charge in [-0.2, -0.15) is 0 Å².